The summed E-state index contributed by atoms with van der Waals surface area (Å²) >= 11 is 0. The number of carbonyl (C=O) groups excluding carboxylic acids is 1. The third-order valence-electron chi connectivity index (χ3n) is 0.893. The van der Waals surface area contributed by atoms with Gasteiger partial charge in [-0.1, -0.05) is 0 Å². The number of amides is 1. The van der Waals surface area contributed by atoms with Gasteiger partial charge in [0.25, 0.3) is 0 Å². The van der Waals surface area contributed by atoms with E-state index < -0.39 is 0 Å². The Morgan fingerprint density at radius 1 is 1.27 bits per heavy atom. The van der Waals surface area contributed by atoms with Gasteiger partial charge in [-0.05, 0) is 24.3 Å². The fourth-order valence-electron chi connectivity index (χ4n) is 0.474. The minimum Gasteiger partial charge on any atom is -0.508 e. The molecular weight excluding hydrogens is 144 g/mol. The number of hydrogen-bond acceptors (Lipinski definition) is 3. The third-order valence-corrected chi connectivity index (χ3v) is 0.893. The van der Waals surface area contributed by atoms with Crippen molar-refractivity contribution in [2.24, 2.45) is 5.73 Å². The highest BCUT2D eigenvalue weighted by Crippen LogP contribution is 2.09. The molecule has 0 bridgehead atoms. The largest absolute Gasteiger partial charge is 0.508 e. The quantitative estimate of drug-likeness (QED) is 0.281. The van der Waals surface area contributed by atoms with Crippen molar-refractivity contribution in [1.82, 2.24) is 0 Å². The minimum absolute atomic E-state index is 0.249. The van der Waals surface area contributed by atoms with Crippen molar-refractivity contribution in [2.45, 2.75) is 0 Å². The molecule has 1 aromatic carbocycles. The molecule has 0 aliphatic rings. The first-order valence-corrected chi connectivity index (χ1v) is 2.90. The number of aromatic hydroxyl groups is 1. The zero-order valence-corrected chi connectivity index (χ0v) is 5.90. The molecule has 0 saturated carbocycles. The second kappa shape index (κ2) is 5.10. The van der Waals surface area contributed by atoms with Gasteiger partial charge in [-0.25, -0.2) is 0 Å². The zero-order valence-electron chi connectivity index (χ0n) is 5.90. The summed E-state index contributed by atoms with van der Waals surface area (Å²) in [6.45, 7) is 0. The summed E-state index contributed by atoms with van der Waals surface area (Å²) in [5.74, 6) is 0.249. The van der Waals surface area contributed by atoms with Gasteiger partial charge in [-0.3, -0.25) is 4.79 Å². The van der Waals surface area contributed by atoms with Gasteiger partial charge in [0.05, 0.1) is 0 Å². The van der Waals surface area contributed by atoms with Gasteiger partial charge in [-0.15, -0.1) is 0 Å². The summed E-state index contributed by atoms with van der Waals surface area (Å²) in [4.78, 5) is 8.58. The predicted octanol–water partition coefficient (Wildman–Crippen LogP) is 0.0759. The van der Waals surface area contributed by atoms with E-state index in [1.54, 1.807) is 24.3 Å². The van der Waals surface area contributed by atoms with Crippen LogP contribution in [0.2, 0.25) is 0 Å². The van der Waals surface area contributed by atoms with E-state index in [-0.39, 0.29) is 12.2 Å². The molecule has 0 aliphatic carbocycles. The molecule has 1 aromatic rings. The van der Waals surface area contributed by atoms with Crippen LogP contribution in [0.15, 0.2) is 24.3 Å². The number of phenols is 1. The van der Waals surface area contributed by atoms with Gasteiger partial charge in [0.15, 0.2) is 0 Å². The number of hydrogen-bond donors (Lipinski definition) is 3. The van der Waals surface area contributed by atoms with Gasteiger partial charge in [-0.2, -0.15) is 0 Å². The van der Waals surface area contributed by atoms with Crippen LogP contribution in [0.5, 0.6) is 5.75 Å². The molecule has 0 atom stereocenters. The Morgan fingerprint density at radius 2 is 1.64 bits per heavy atom. The summed E-state index contributed by atoms with van der Waals surface area (Å²) in [6, 6.07) is 6.40. The molecule has 0 fully saturated rings. The van der Waals surface area contributed by atoms with E-state index in [0.717, 1.165) is 0 Å². The standard InChI is InChI=1S/C6H7NO.CH3NO/c7-5-1-3-6(8)4-2-5;2-1-3/h1-4,8H,7H2;1H,(H2,2,3). The predicted molar refractivity (Wildman–Crippen MR) is 42.8 cm³/mol. The maximum atomic E-state index is 8.70. The molecule has 4 nitrogen and oxygen atoms in total. The Morgan fingerprint density at radius 3 is 1.91 bits per heavy atom. The van der Waals surface area contributed by atoms with Crippen LogP contribution in [-0.4, -0.2) is 11.5 Å². The molecule has 0 saturated heterocycles. The topological polar surface area (TPSA) is 89.3 Å². The molecule has 1 rings (SSSR count). The van der Waals surface area contributed by atoms with Gasteiger partial charge in [0, 0.05) is 5.69 Å². The van der Waals surface area contributed by atoms with Crippen molar-refractivity contribution >= 4 is 12.1 Å². The summed E-state index contributed by atoms with van der Waals surface area (Å²) in [7, 11) is 0. The normalized spacial score (nSPS) is 7.64. The molecule has 5 N–H and O–H groups in total. The van der Waals surface area contributed by atoms with E-state index >= 15 is 0 Å². The maximum Gasteiger partial charge on any atom is 0.204 e. The lowest BCUT2D eigenvalue weighted by atomic mass is 10.3. The van der Waals surface area contributed by atoms with E-state index in [2.05, 4.69) is 5.73 Å². The summed E-state index contributed by atoms with van der Waals surface area (Å²) in [5, 5.41) is 8.70. The van der Waals surface area contributed by atoms with Crippen LogP contribution >= 0.6 is 0 Å². The molecule has 4 heteroatoms. The lowest BCUT2D eigenvalue weighted by Crippen LogP contribution is -1.82. The average molecular weight is 154 g/mol. The maximum absolute atomic E-state index is 8.70. The molecule has 0 spiro atoms. The monoisotopic (exact) mass is 154 g/mol. The first-order chi connectivity index (χ1) is 5.20. The number of rotatable bonds is 0. The highest BCUT2D eigenvalue weighted by molar-refractivity contribution is 5.42. The average Bonchev–Trinajstić information content (AvgIpc) is 1.97. The molecule has 60 valence electrons. The summed E-state index contributed by atoms with van der Waals surface area (Å²) in [6.07, 6.45) is 0.250. The van der Waals surface area contributed by atoms with Crippen LogP contribution in [0.25, 0.3) is 0 Å². The Bertz CT molecular complexity index is 187. The SMILES string of the molecule is NC=O.Nc1ccc(O)cc1. The van der Waals surface area contributed by atoms with Crippen LogP contribution in [0.3, 0.4) is 0 Å². The van der Waals surface area contributed by atoms with Gasteiger partial charge in [0.2, 0.25) is 6.41 Å². The van der Waals surface area contributed by atoms with Crippen LogP contribution < -0.4 is 11.5 Å². The highest BCUT2D eigenvalue weighted by atomic mass is 16.3. The minimum atomic E-state index is 0.249. The summed E-state index contributed by atoms with van der Waals surface area (Å²) < 4.78 is 0. The van der Waals surface area contributed by atoms with Crippen molar-refractivity contribution in [1.29, 1.82) is 0 Å². The van der Waals surface area contributed by atoms with Gasteiger partial charge >= 0.3 is 0 Å². The van der Waals surface area contributed by atoms with E-state index in [9.17, 15) is 0 Å². The van der Waals surface area contributed by atoms with E-state index in [4.69, 9.17) is 15.6 Å². The number of carbonyl (C=O) groups is 1. The van der Waals surface area contributed by atoms with E-state index in [0.29, 0.717) is 5.69 Å². The fraction of sp³-hybridized carbons (Fsp3) is 0. The van der Waals surface area contributed by atoms with Crippen molar-refractivity contribution in [3.05, 3.63) is 24.3 Å². The third kappa shape index (κ3) is 4.77. The molecule has 0 heterocycles. The second-order valence-corrected chi connectivity index (χ2v) is 1.73. The zero-order chi connectivity index (χ0) is 8.69. The van der Waals surface area contributed by atoms with E-state index in [1.165, 1.54) is 0 Å². The number of nitrogen functional groups attached to an aromatic ring is 1. The molecule has 0 aromatic heterocycles. The molecular formula is C7H10N2O2. The van der Waals surface area contributed by atoms with Crippen molar-refractivity contribution in [2.75, 3.05) is 5.73 Å². The smallest absolute Gasteiger partial charge is 0.204 e. The first-order valence-electron chi connectivity index (χ1n) is 2.90. The lowest BCUT2D eigenvalue weighted by Gasteiger charge is -1.89. The van der Waals surface area contributed by atoms with Crippen LogP contribution in [0.1, 0.15) is 0 Å². The Kier molecular flexibility index (Phi) is 4.31. The van der Waals surface area contributed by atoms with Gasteiger partial charge < -0.3 is 16.6 Å². The summed E-state index contributed by atoms with van der Waals surface area (Å²) in [5.41, 5.74) is 10.2. The number of nitrogens with two attached hydrogens (primary N) is 2. The first kappa shape index (κ1) is 9.29. The van der Waals surface area contributed by atoms with Crippen molar-refractivity contribution in [3.8, 4) is 5.75 Å². The van der Waals surface area contributed by atoms with Crippen LogP contribution in [0.4, 0.5) is 5.69 Å². The molecule has 0 aliphatic heterocycles. The number of anilines is 1. The van der Waals surface area contributed by atoms with Crippen LogP contribution in [-0.2, 0) is 4.79 Å². The molecule has 0 radical (unpaired) electrons. The number of phenolic OH excluding ortho intramolecular Hbond substituents is 1. The van der Waals surface area contributed by atoms with E-state index in [1.807, 2.05) is 0 Å². The van der Waals surface area contributed by atoms with Crippen molar-refractivity contribution in [3.63, 3.8) is 0 Å². The molecule has 0 unspecified atom stereocenters. The molecule has 11 heavy (non-hydrogen) atoms. The van der Waals surface area contributed by atoms with Crippen LogP contribution in [0, 0.1) is 0 Å². The number of primary amides is 1. The highest BCUT2D eigenvalue weighted by Gasteiger charge is 1.82. The fourth-order valence-corrected chi connectivity index (χ4v) is 0.474. The number of benzene rings is 1. The van der Waals surface area contributed by atoms with Crippen molar-refractivity contribution < 1.29 is 9.90 Å². The lowest BCUT2D eigenvalue weighted by molar-refractivity contribution is -0.106. The second-order valence-electron chi connectivity index (χ2n) is 1.73. The Balaban J connectivity index is 0.000000292. The molecule has 1 amide bonds. The Labute approximate surface area is 64.4 Å². The van der Waals surface area contributed by atoms with Gasteiger partial charge in [0.1, 0.15) is 5.75 Å². The Hall–Kier alpha value is -1.71.